The summed E-state index contributed by atoms with van der Waals surface area (Å²) in [4.78, 5) is 14.0. The lowest BCUT2D eigenvalue weighted by Crippen LogP contribution is -2.68. The average Bonchev–Trinajstić information content (AvgIpc) is 3.49. The zero-order chi connectivity index (χ0) is 39.0. The molecule has 2 unspecified atom stereocenters. The molecule has 0 aromatic heterocycles. The Labute approximate surface area is 329 Å². The number of carbonyl (C=O) groups excluding carboxylic acids is 1. The van der Waals surface area contributed by atoms with E-state index >= 15 is 0 Å². The number of nitrogens with one attached hydrogen (secondary N) is 1. The van der Waals surface area contributed by atoms with Crippen LogP contribution in [-0.2, 0) is 19.1 Å². The van der Waals surface area contributed by atoms with Crippen molar-refractivity contribution in [3.8, 4) is 0 Å². The zero-order valence-electron chi connectivity index (χ0n) is 35.3. The summed E-state index contributed by atoms with van der Waals surface area (Å²) < 4.78 is 18.2. The number of likely N-dealkylation sites (tertiary alicyclic amines) is 1. The first-order valence-corrected chi connectivity index (χ1v) is 24.2. The number of hydrogen-bond donors (Lipinski definition) is 2. The Kier molecular flexibility index (Phi) is 10.9. The number of rotatable bonds is 11. The lowest BCUT2D eigenvalue weighted by molar-refractivity contribution is -0.221. The fraction of sp³-hybridized carbons (Fsp3) is 0.830. The molecule has 5 fully saturated rings. The van der Waals surface area contributed by atoms with Gasteiger partial charge in [-0.1, -0.05) is 58.9 Å². The second kappa shape index (κ2) is 14.5. The van der Waals surface area contributed by atoms with E-state index in [9.17, 15) is 14.1 Å². The Hall–Kier alpha value is -1.41. The fourth-order valence-electron chi connectivity index (χ4n) is 15.5. The molecule has 0 radical (unpaired) electrons. The third kappa shape index (κ3) is 6.48. The van der Waals surface area contributed by atoms with E-state index in [4.69, 9.17) is 4.74 Å². The van der Waals surface area contributed by atoms with Crippen LogP contribution < -0.4 is 5.32 Å². The summed E-state index contributed by atoms with van der Waals surface area (Å²) in [5.41, 5.74) is 5.04. The van der Waals surface area contributed by atoms with E-state index in [0.29, 0.717) is 53.8 Å². The van der Waals surface area contributed by atoms with Crippen LogP contribution in [0.4, 0.5) is 0 Å². The normalized spacial score (nSPS) is 44.7. The molecule has 7 rings (SSSR count). The SMILES string of the molecule is C=C(C)[C@@H]1CC[C@]2(NCCN3CCC(S(=C)(C)=O)CC3)CC[C@]3(C)[C@H](CC[C@@H]4[C@@]5(C)CC=C(C6=CCC(CCO)(OC=O)CC6)C(C)(C)[C@@H]5CC[C@]43C)[C@@H]12. The molecule has 0 amide bonds. The molecule has 0 bridgehead atoms. The van der Waals surface area contributed by atoms with Crippen LogP contribution in [0.5, 0.6) is 0 Å². The van der Waals surface area contributed by atoms with Crippen LogP contribution in [0.15, 0.2) is 35.5 Å². The number of ether oxygens (including phenoxy) is 1. The van der Waals surface area contributed by atoms with Crippen molar-refractivity contribution >= 4 is 21.9 Å². The van der Waals surface area contributed by atoms with Gasteiger partial charge in [-0.2, -0.15) is 0 Å². The van der Waals surface area contributed by atoms with E-state index in [1.807, 2.05) is 6.26 Å². The number of carbonyl (C=O) groups is 1. The van der Waals surface area contributed by atoms with Crippen LogP contribution in [0.1, 0.15) is 138 Å². The second-order valence-corrected chi connectivity index (χ2v) is 24.0. The van der Waals surface area contributed by atoms with Crippen molar-refractivity contribution in [2.75, 3.05) is 39.0 Å². The predicted molar refractivity (Wildman–Crippen MR) is 225 cm³/mol. The number of fused-ring (bicyclic) bond motifs is 7. The van der Waals surface area contributed by atoms with Crippen molar-refractivity contribution in [1.82, 2.24) is 10.2 Å². The van der Waals surface area contributed by atoms with Gasteiger partial charge >= 0.3 is 0 Å². The maximum Gasteiger partial charge on any atom is 0.293 e. The molecule has 11 atom stereocenters. The van der Waals surface area contributed by atoms with E-state index in [-0.39, 0.29) is 28.2 Å². The van der Waals surface area contributed by atoms with E-state index in [2.05, 4.69) is 76.4 Å². The van der Waals surface area contributed by atoms with Gasteiger partial charge in [0.25, 0.3) is 6.47 Å². The molecule has 0 spiro atoms. The van der Waals surface area contributed by atoms with Crippen molar-refractivity contribution in [3.05, 3.63) is 35.5 Å². The molecule has 54 heavy (non-hydrogen) atoms. The van der Waals surface area contributed by atoms with Gasteiger partial charge in [-0.25, -0.2) is 0 Å². The van der Waals surface area contributed by atoms with Crippen molar-refractivity contribution in [3.63, 3.8) is 0 Å². The summed E-state index contributed by atoms with van der Waals surface area (Å²) in [6.07, 6.45) is 23.4. The smallest absolute Gasteiger partial charge is 0.293 e. The molecule has 2 N–H and O–H groups in total. The number of piperidine rings is 1. The Bertz CT molecular complexity index is 1620. The summed E-state index contributed by atoms with van der Waals surface area (Å²) >= 11 is 0. The van der Waals surface area contributed by atoms with Gasteiger partial charge in [0.05, 0.1) is 0 Å². The van der Waals surface area contributed by atoms with Gasteiger partial charge in [0.2, 0.25) is 0 Å². The molecule has 6 aliphatic carbocycles. The molecular weight excluding hydrogens is 689 g/mol. The van der Waals surface area contributed by atoms with Gasteiger partial charge < -0.3 is 20.1 Å². The minimum atomic E-state index is -1.95. The average molecular weight is 765 g/mol. The third-order valence-electron chi connectivity index (χ3n) is 18.6. The Morgan fingerprint density at radius 3 is 2.33 bits per heavy atom. The van der Waals surface area contributed by atoms with E-state index in [1.165, 1.54) is 68.1 Å². The van der Waals surface area contributed by atoms with E-state index < -0.39 is 15.1 Å². The van der Waals surface area contributed by atoms with E-state index in [0.717, 1.165) is 64.2 Å². The van der Waals surface area contributed by atoms with Crippen LogP contribution in [0.3, 0.4) is 0 Å². The number of hydrogen-bond acceptors (Lipinski definition) is 6. The van der Waals surface area contributed by atoms with Crippen molar-refractivity contribution in [2.24, 2.45) is 51.2 Å². The highest BCUT2D eigenvalue weighted by molar-refractivity contribution is 8.00. The maximum absolute atomic E-state index is 12.6. The predicted octanol–water partition coefficient (Wildman–Crippen LogP) is 8.74. The molecule has 7 heteroatoms. The van der Waals surface area contributed by atoms with Crippen molar-refractivity contribution in [2.45, 2.75) is 154 Å². The quantitative estimate of drug-likeness (QED) is 0.125. The highest BCUT2D eigenvalue weighted by Gasteiger charge is 2.70. The Morgan fingerprint density at radius 2 is 1.70 bits per heavy atom. The fourth-order valence-corrected chi connectivity index (χ4v) is 16.7. The minimum absolute atomic E-state index is 0.0413. The van der Waals surface area contributed by atoms with Crippen LogP contribution >= 0.6 is 0 Å². The van der Waals surface area contributed by atoms with Crippen LogP contribution in [-0.4, -0.2) is 82.0 Å². The minimum Gasteiger partial charge on any atom is -0.461 e. The zero-order valence-corrected chi connectivity index (χ0v) is 36.1. The lowest BCUT2D eigenvalue weighted by Gasteiger charge is -2.72. The summed E-state index contributed by atoms with van der Waals surface area (Å²) in [6.45, 7) is 25.1. The summed E-state index contributed by atoms with van der Waals surface area (Å²) in [7, 11) is -1.95. The summed E-state index contributed by atoms with van der Waals surface area (Å²) in [5.74, 6) is 7.34. The number of aliphatic hydroxyl groups excluding tert-OH is 1. The Morgan fingerprint density at radius 1 is 0.963 bits per heavy atom. The highest BCUT2D eigenvalue weighted by Crippen LogP contribution is 2.76. The molecular formula is C47H76N2O4S. The van der Waals surface area contributed by atoms with Crippen LogP contribution in [0.25, 0.3) is 0 Å². The number of allylic oxidation sites excluding steroid dienone is 4. The molecule has 0 aromatic rings. The topological polar surface area (TPSA) is 78.9 Å². The molecule has 0 aromatic carbocycles. The van der Waals surface area contributed by atoms with Crippen LogP contribution in [0, 0.1) is 51.2 Å². The number of aliphatic hydroxyl groups is 1. The van der Waals surface area contributed by atoms with E-state index in [1.54, 1.807) is 0 Å². The number of nitrogens with zero attached hydrogens (tertiary/aromatic N) is 1. The summed E-state index contributed by atoms with van der Waals surface area (Å²) in [6, 6.07) is 0. The molecule has 304 valence electrons. The van der Waals surface area contributed by atoms with Crippen molar-refractivity contribution < 1.29 is 18.8 Å². The van der Waals surface area contributed by atoms with Crippen molar-refractivity contribution in [1.29, 1.82) is 0 Å². The van der Waals surface area contributed by atoms with Gasteiger partial charge in [0.1, 0.15) is 5.60 Å². The standard InChI is InChI=1S/C47H76N2O4S/c1-33(2)36-14-23-47(48-27-30-49-28-17-35(18-29-49)54(8,9)52)25-24-44(6)38(41(36)47)10-11-40-43(5)19-15-37(42(3,4)39(43)16-20-45(40,44)7)34-12-21-46(22-13-34,26-31-50)53-32-51/h12,15,32,35-36,38-41,48,50H,1,8,10-11,13-14,16-31H2,2-7,9H3/t36-,38+,39-,40+,41+,43-,44+,45+,46?,47-,54?/m0/s1. The first-order valence-electron chi connectivity index (χ1n) is 22.0. The molecule has 6 nitrogen and oxygen atoms in total. The monoisotopic (exact) mass is 765 g/mol. The third-order valence-corrected chi connectivity index (χ3v) is 20.5. The highest BCUT2D eigenvalue weighted by atomic mass is 32.2. The maximum atomic E-state index is 12.6. The van der Waals surface area contributed by atoms with Gasteiger partial charge in [-0.3, -0.25) is 9.00 Å². The summed E-state index contributed by atoms with van der Waals surface area (Å²) in [5, 5.41) is 14.3. The second-order valence-electron chi connectivity index (χ2n) is 21.2. The first-order chi connectivity index (χ1) is 25.4. The molecule has 1 heterocycles. The molecule has 7 aliphatic rings. The first kappa shape index (κ1) is 40.8. The van der Waals surface area contributed by atoms with Gasteiger partial charge in [-0.05, 0) is 181 Å². The largest absolute Gasteiger partial charge is 0.461 e. The van der Waals surface area contributed by atoms with Gasteiger partial charge in [0.15, 0.2) is 0 Å². The van der Waals surface area contributed by atoms with Crippen LogP contribution in [0.2, 0.25) is 0 Å². The lowest BCUT2D eigenvalue weighted by atomic mass is 9.33. The molecule has 1 saturated heterocycles. The van der Waals surface area contributed by atoms with Gasteiger partial charge in [-0.15, -0.1) is 0 Å². The molecule has 1 aliphatic heterocycles. The molecule has 4 saturated carbocycles. The van der Waals surface area contributed by atoms with Gasteiger partial charge in [0, 0.05) is 49.6 Å². The Balaban J connectivity index is 1.10.